The summed E-state index contributed by atoms with van der Waals surface area (Å²) in [6.45, 7) is 4.85. The molecule has 0 bridgehead atoms. The van der Waals surface area contributed by atoms with E-state index in [-0.39, 0.29) is 5.97 Å². The molecule has 61 valence electrons. The summed E-state index contributed by atoms with van der Waals surface area (Å²) >= 11 is 0. The minimum absolute atomic E-state index is 0.323. The van der Waals surface area contributed by atoms with Gasteiger partial charge in [-0.3, -0.25) is 4.79 Å². The summed E-state index contributed by atoms with van der Waals surface area (Å²) in [5.41, 5.74) is 0.814. The molecule has 0 aliphatic carbocycles. The first-order chi connectivity index (χ1) is 5.72. The number of carbonyl (C=O) groups excluding carboxylic acids is 1. The third kappa shape index (κ3) is 2.23. The topological polar surface area (TPSA) is 26.3 Å². The summed E-state index contributed by atoms with van der Waals surface area (Å²) in [4.78, 5) is 10.6. The minimum Gasteiger partial charge on any atom is -0.427 e. The van der Waals surface area contributed by atoms with Gasteiger partial charge in [0.25, 0.3) is 0 Å². The highest BCUT2D eigenvalue weighted by Crippen LogP contribution is 2.12. The molecule has 0 N–H and O–H groups in total. The molecule has 0 heterocycles. The maximum absolute atomic E-state index is 10.6. The number of carbonyl (C=O) groups is 1. The van der Waals surface area contributed by atoms with Crippen molar-refractivity contribution in [1.82, 2.24) is 0 Å². The van der Waals surface area contributed by atoms with Gasteiger partial charge in [-0.15, -0.1) is 0 Å². The fraction of sp³-hybridized carbons (Fsp3) is 0.100. The predicted molar refractivity (Wildman–Crippen MR) is 45.7 cm³/mol. The second-order valence-corrected chi connectivity index (χ2v) is 2.30. The fourth-order valence-electron chi connectivity index (χ4n) is 0.836. The maximum Gasteiger partial charge on any atom is 0.308 e. The molecule has 0 fully saturated rings. The lowest BCUT2D eigenvalue weighted by atomic mass is 10.2. The van der Waals surface area contributed by atoms with E-state index in [4.69, 9.17) is 4.74 Å². The van der Waals surface area contributed by atoms with Gasteiger partial charge in [0.2, 0.25) is 0 Å². The Morgan fingerprint density at radius 2 is 2.33 bits per heavy atom. The van der Waals surface area contributed by atoms with Crippen molar-refractivity contribution in [3.8, 4) is 5.75 Å². The number of benzene rings is 1. The van der Waals surface area contributed by atoms with Crippen LogP contribution in [0.5, 0.6) is 5.75 Å². The molecule has 1 aromatic carbocycles. The van der Waals surface area contributed by atoms with E-state index in [1.807, 2.05) is 6.07 Å². The zero-order valence-electron chi connectivity index (χ0n) is 6.83. The third-order valence-electron chi connectivity index (χ3n) is 1.30. The molecular weight excluding hydrogens is 152 g/mol. The Labute approximate surface area is 71.5 Å². The van der Waals surface area contributed by atoms with Crippen LogP contribution in [0.25, 0.3) is 0 Å². The molecule has 2 nitrogen and oxygen atoms in total. The summed E-state index contributed by atoms with van der Waals surface area (Å²) < 4.78 is 4.85. The molecular formula is C10H9O2. The van der Waals surface area contributed by atoms with E-state index in [2.05, 4.69) is 12.7 Å². The first-order valence-electron chi connectivity index (χ1n) is 3.54. The summed E-state index contributed by atoms with van der Waals surface area (Å²) in [7, 11) is 0. The summed E-state index contributed by atoms with van der Waals surface area (Å²) in [5, 5.41) is 0. The first kappa shape index (κ1) is 8.53. The van der Waals surface area contributed by atoms with Crippen molar-refractivity contribution < 1.29 is 9.53 Å². The van der Waals surface area contributed by atoms with Gasteiger partial charge in [-0.25, -0.2) is 0 Å². The predicted octanol–water partition coefficient (Wildman–Crippen LogP) is 1.95. The van der Waals surface area contributed by atoms with Crippen molar-refractivity contribution in [3.63, 3.8) is 0 Å². The Kier molecular flexibility index (Phi) is 2.64. The molecule has 0 aromatic heterocycles. The fourth-order valence-corrected chi connectivity index (χ4v) is 0.836. The number of esters is 1. The van der Waals surface area contributed by atoms with E-state index >= 15 is 0 Å². The van der Waals surface area contributed by atoms with Crippen molar-refractivity contribution in [3.05, 3.63) is 42.5 Å². The maximum atomic E-state index is 10.6. The van der Waals surface area contributed by atoms with Gasteiger partial charge in [-0.2, -0.15) is 0 Å². The highest BCUT2D eigenvalue weighted by molar-refractivity contribution is 5.69. The van der Waals surface area contributed by atoms with Crippen molar-refractivity contribution in [2.75, 3.05) is 0 Å². The minimum atomic E-state index is -0.323. The van der Waals surface area contributed by atoms with Crippen LogP contribution < -0.4 is 4.74 Å². The van der Waals surface area contributed by atoms with Crippen LogP contribution >= 0.6 is 0 Å². The molecule has 0 saturated heterocycles. The van der Waals surface area contributed by atoms with Crippen LogP contribution in [0.4, 0.5) is 0 Å². The van der Waals surface area contributed by atoms with Gasteiger partial charge in [0.15, 0.2) is 0 Å². The van der Waals surface area contributed by atoms with Crippen molar-refractivity contribution in [2.24, 2.45) is 0 Å². The average Bonchev–Trinajstić information content (AvgIpc) is 2.03. The SMILES string of the molecule is C=[C]c1cccc(OC(C)=O)c1. The first-order valence-corrected chi connectivity index (χ1v) is 3.54. The summed E-state index contributed by atoms with van der Waals surface area (Å²) in [5.74, 6) is 0.201. The quantitative estimate of drug-likeness (QED) is 0.489. The molecule has 0 aliphatic heterocycles. The molecule has 1 radical (unpaired) electrons. The standard InChI is InChI=1S/C10H9O2/c1-3-9-5-4-6-10(7-9)12-8(2)11/h4-7H,1H2,2H3. The monoisotopic (exact) mass is 161 g/mol. The number of rotatable bonds is 2. The molecule has 0 amide bonds. The second kappa shape index (κ2) is 3.72. The number of hydrogen-bond donors (Lipinski definition) is 0. The molecule has 1 rings (SSSR count). The molecule has 12 heavy (non-hydrogen) atoms. The van der Waals surface area contributed by atoms with E-state index in [0.29, 0.717) is 5.75 Å². The highest BCUT2D eigenvalue weighted by atomic mass is 16.5. The van der Waals surface area contributed by atoms with Crippen molar-refractivity contribution in [1.29, 1.82) is 0 Å². The Morgan fingerprint density at radius 3 is 2.92 bits per heavy atom. The van der Waals surface area contributed by atoms with Gasteiger partial charge in [0, 0.05) is 6.92 Å². The van der Waals surface area contributed by atoms with Crippen LogP contribution in [0, 0.1) is 6.08 Å². The zero-order chi connectivity index (χ0) is 8.97. The molecule has 0 saturated carbocycles. The van der Waals surface area contributed by atoms with Gasteiger partial charge in [0.1, 0.15) is 5.75 Å². The Balaban J connectivity index is 2.86. The van der Waals surface area contributed by atoms with Gasteiger partial charge in [-0.1, -0.05) is 18.7 Å². The smallest absolute Gasteiger partial charge is 0.308 e. The van der Waals surface area contributed by atoms with Gasteiger partial charge >= 0.3 is 5.97 Å². The molecule has 0 unspecified atom stereocenters. The van der Waals surface area contributed by atoms with E-state index in [0.717, 1.165) is 5.56 Å². The van der Waals surface area contributed by atoms with Crippen LogP contribution in [0.1, 0.15) is 12.5 Å². The largest absolute Gasteiger partial charge is 0.427 e. The molecule has 0 atom stereocenters. The lowest BCUT2D eigenvalue weighted by molar-refractivity contribution is -0.131. The van der Waals surface area contributed by atoms with Gasteiger partial charge in [0.05, 0.1) is 0 Å². The van der Waals surface area contributed by atoms with Crippen LogP contribution in [-0.4, -0.2) is 5.97 Å². The summed E-state index contributed by atoms with van der Waals surface area (Å²) in [6.07, 6.45) is 2.70. The lowest BCUT2D eigenvalue weighted by Gasteiger charge is -2.00. The van der Waals surface area contributed by atoms with E-state index in [1.54, 1.807) is 18.2 Å². The van der Waals surface area contributed by atoms with E-state index in [1.165, 1.54) is 6.92 Å². The zero-order valence-corrected chi connectivity index (χ0v) is 6.83. The van der Waals surface area contributed by atoms with Crippen molar-refractivity contribution in [2.45, 2.75) is 6.92 Å². The Bertz CT molecular complexity index is 302. The van der Waals surface area contributed by atoms with E-state index < -0.39 is 0 Å². The molecule has 2 heteroatoms. The number of ether oxygens (including phenoxy) is 1. The van der Waals surface area contributed by atoms with Gasteiger partial charge < -0.3 is 4.74 Å². The highest BCUT2D eigenvalue weighted by Gasteiger charge is 1.96. The van der Waals surface area contributed by atoms with Crippen LogP contribution in [-0.2, 0) is 4.79 Å². The summed E-state index contributed by atoms with van der Waals surface area (Å²) in [6, 6.07) is 7.03. The molecule has 1 aromatic rings. The lowest BCUT2D eigenvalue weighted by Crippen LogP contribution is -2.01. The van der Waals surface area contributed by atoms with Gasteiger partial charge in [-0.05, 0) is 23.8 Å². The average molecular weight is 161 g/mol. The van der Waals surface area contributed by atoms with Crippen LogP contribution in [0.3, 0.4) is 0 Å². The molecule has 0 spiro atoms. The van der Waals surface area contributed by atoms with Crippen LogP contribution in [0.2, 0.25) is 0 Å². The van der Waals surface area contributed by atoms with Crippen molar-refractivity contribution >= 4 is 5.97 Å². The Hall–Kier alpha value is -1.57. The normalized spacial score (nSPS) is 9.08. The second-order valence-electron chi connectivity index (χ2n) is 2.30. The van der Waals surface area contributed by atoms with Crippen LogP contribution in [0.15, 0.2) is 30.8 Å². The molecule has 0 aliphatic rings. The van der Waals surface area contributed by atoms with E-state index in [9.17, 15) is 4.79 Å². The Morgan fingerprint density at radius 1 is 1.58 bits per heavy atom. The number of hydrogen-bond acceptors (Lipinski definition) is 2. The third-order valence-corrected chi connectivity index (χ3v) is 1.30.